The van der Waals surface area contributed by atoms with Crippen LogP contribution in [-0.4, -0.2) is 26.2 Å². The highest BCUT2D eigenvalue weighted by molar-refractivity contribution is 5.30. The Hall–Kier alpha value is -2.18. The van der Waals surface area contributed by atoms with Gasteiger partial charge in [0, 0.05) is 32.4 Å². The zero-order chi connectivity index (χ0) is 12.3. The molecule has 90 valence electrons. The summed E-state index contributed by atoms with van der Waals surface area (Å²) in [6, 6.07) is 0. The van der Waals surface area contributed by atoms with Gasteiger partial charge in [-0.15, -0.1) is 0 Å². The lowest BCUT2D eigenvalue weighted by atomic mass is 10.4. The molecule has 0 radical (unpaired) electrons. The topological polar surface area (TPSA) is 85.8 Å². The van der Waals surface area contributed by atoms with Gasteiger partial charge in [-0.3, -0.25) is 4.79 Å². The summed E-state index contributed by atoms with van der Waals surface area (Å²) in [5.74, 6) is 1.47. The van der Waals surface area contributed by atoms with Gasteiger partial charge in [0.2, 0.25) is 5.89 Å². The Morgan fingerprint density at radius 1 is 1.53 bits per heavy atom. The van der Waals surface area contributed by atoms with Crippen molar-refractivity contribution in [3.05, 3.63) is 34.5 Å². The van der Waals surface area contributed by atoms with Crippen molar-refractivity contribution in [2.75, 3.05) is 11.9 Å². The fraction of sp³-hybridized carbons (Fsp3) is 0.400. The van der Waals surface area contributed by atoms with E-state index in [1.54, 1.807) is 26.4 Å². The van der Waals surface area contributed by atoms with Crippen molar-refractivity contribution in [2.24, 2.45) is 7.05 Å². The van der Waals surface area contributed by atoms with Crippen LogP contribution in [0, 0.1) is 6.92 Å². The second-order valence-corrected chi connectivity index (χ2v) is 3.60. The van der Waals surface area contributed by atoms with Crippen molar-refractivity contribution >= 4 is 5.82 Å². The van der Waals surface area contributed by atoms with E-state index in [2.05, 4.69) is 20.4 Å². The maximum Gasteiger partial charge on any atom is 0.293 e. The first-order chi connectivity index (χ1) is 8.16. The number of aryl methyl sites for hydroxylation is 2. The number of rotatable bonds is 4. The quantitative estimate of drug-likeness (QED) is 0.810. The number of hydrogen-bond acceptors (Lipinski definition) is 6. The van der Waals surface area contributed by atoms with Crippen molar-refractivity contribution in [2.45, 2.75) is 13.3 Å². The van der Waals surface area contributed by atoms with E-state index in [1.807, 2.05) is 0 Å². The molecule has 7 nitrogen and oxygen atoms in total. The third-order valence-corrected chi connectivity index (χ3v) is 2.22. The minimum atomic E-state index is -0.158. The van der Waals surface area contributed by atoms with Crippen molar-refractivity contribution in [1.29, 1.82) is 0 Å². The van der Waals surface area contributed by atoms with Gasteiger partial charge in [0.1, 0.15) is 0 Å². The van der Waals surface area contributed by atoms with E-state index in [9.17, 15) is 4.79 Å². The number of nitrogens with zero attached hydrogens (tertiary/aromatic N) is 4. The summed E-state index contributed by atoms with van der Waals surface area (Å²) >= 11 is 0. The molecular formula is C10H13N5O2. The molecule has 0 bridgehead atoms. The first kappa shape index (κ1) is 11.3. The van der Waals surface area contributed by atoms with Gasteiger partial charge in [-0.1, -0.05) is 5.16 Å². The Balaban J connectivity index is 1.94. The van der Waals surface area contributed by atoms with Gasteiger partial charge < -0.3 is 14.4 Å². The monoisotopic (exact) mass is 235 g/mol. The van der Waals surface area contributed by atoms with E-state index in [1.165, 1.54) is 4.57 Å². The molecule has 2 rings (SSSR count). The molecule has 0 saturated carbocycles. The Morgan fingerprint density at radius 2 is 2.35 bits per heavy atom. The van der Waals surface area contributed by atoms with E-state index in [0.717, 1.165) is 0 Å². The number of aromatic nitrogens is 4. The Kier molecular flexibility index (Phi) is 3.17. The Labute approximate surface area is 97.5 Å². The van der Waals surface area contributed by atoms with Crippen LogP contribution in [0.5, 0.6) is 0 Å². The first-order valence-corrected chi connectivity index (χ1v) is 5.21. The van der Waals surface area contributed by atoms with Crippen LogP contribution < -0.4 is 10.9 Å². The fourth-order valence-electron chi connectivity index (χ4n) is 1.35. The molecule has 0 aliphatic heterocycles. The fourth-order valence-corrected chi connectivity index (χ4v) is 1.35. The van der Waals surface area contributed by atoms with Gasteiger partial charge >= 0.3 is 0 Å². The number of anilines is 1. The molecule has 17 heavy (non-hydrogen) atoms. The molecule has 0 spiro atoms. The van der Waals surface area contributed by atoms with Crippen LogP contribution in [0.3, 0.4) is 0 Å². The van der Waals surface area contributed by atoms with E-state index in [0.29, 0.717) is 30.5 Å². The van der Waals surface area contributed by atoms with Gasteiger partial charge in [-0.25, -0.2) is 4.98 Å². The second-order valence-electron chi connectivity index (χ2n) is 3.60. The van der Waals surface area contributed by atoms with Gasteiger partial charge in [0.15, 0.2) is 11.6 Å². The molecule has 0 aliphatic rings. The largest absolute Gasteiger partial charge is 0.365 e. The maximum absolute atomic E-state index is 11.6. The molecule has 0 unspecified atom stereocenters. The summed E-state index contributed by atoms with van der Waals surface area (Å²) < 4.78 is 6.42. The maximum atomic E-state index is 11.6. The number of nitrogens with one attached hydrogen (secondary N) is 1. The Morgan fingerprint density at radius 3 is 3.06 bits per heavy atom. The summed E-state index contributed by atoms with van der Waals surface area (Å²) in [7, 11) is 1.68. The molecule has 0 aliphatic carbocycles. The molecule has 1 N–H and O–H groups in total. The molecule has 2 aromatic heterocycles. The summed E-state index contributed by atoms with van der Waals surface area (Å²) in [5, 5.41) is 6.62. The molecule has 2 aromatic rings. The van der Waals surface area contributed by atoms with Crippen LogP contribution in [0.4, 0.5) is 5.82 Å². The highest BCUT2D eigenvalue weighted by atomic mass is 16.5. The zero-order valence-electron chi connectivity index (χ0n) is 9.67. The van der Waals surface area contributed by atoms with Gasteiger partial charge in [-0.2, -0.15) is 4.98 Å². The van der Waals surface area contributed by atoms with Crippen LogP contribution in [0.15, 0.2) is 21.7 Å². The lowest BCUT2D eigenvalue weighted by Gasteiger charge is -2.03. The van der Waals surface area contributed by atoms with E-state index in [4.69, 9.17) is 4.52 Å². The van der Waals surface area contributed by atoms with Crippen LogP contribution in [0.2, 0.25) is 0 Å². The lowest BCUT2D eigenvalue weighted by Crippen LogP contribution is -2.22. The van der Waals surface area contributed by atoms with Crippen molar-refractivity contribution in [3.63, 3.8) is 0 Å². The third kappa shape index (κ3) is 2.68. The van der Waals surface area contributed by atoms with Gasteiger partial charge in [0.25, 0.3) is 5.56 Å². The number of hydrogen-bond donors (Lipinski definition) is 1. The van der Waals surface area contributed by atoms with Crippen LogP contribution >= 0.6 is 0 Å². The van der Waals surface area contributed by atoms with Crippen molar-refractivity contribution < 1.29 is 4.52 Å². The van der Waals surface area contributed by atoms with Gasteiger partial charge in [0.05, 0.1) is 0 Å². The molecule has 0 saturated heterocycles. The van der Waals surface area contributed by atoms with Crippen molar-refractivity contribution in [1.82, 2.24) is 19.7 Å². The average Bonchev–Trinajstić information content (AvgIpc) is 2.70. The summed E-state index contributed by atoms with van der Waals surface area (Å²) in [6.07, 6.45) is 3.73. The smallest absolute Gasteiger partial charge is 0.293 e. The Bertz CT molecular complexity index is 560. The molecule has 0 aromatic carbocycles. The zero-order valence-corrected chi connectivity index (χ0v) is 9.67. The van der Waals surface area contributed by atoms with Crippen LogP contribution in [0.25, 0.3) is 0 Å². The predicted molar refractivity (Wildman–Crippen MR) is 60.7 cm³/mol. The third-order valence-electron chi connectivity index (χ3n) is 2.22. The highest BCUT2D eigenvalue weighted by Crippen LogP contribution is 1.98. The second kappa shape index (κ2) is 4.77. The average molecular weight is 235 g/mol. The van der Waals surface area contributed by atoms with Gasteiger partial charge in [-0.05, 0) is 6.92 Å². The minimum Gasteiger partial charge on any atom is -0.365 e. The lowest BCUT2D eigenvalue weighted by molar-refractivity contribution is 0.377. The summed E-state index contributed by atoms with van der Waals surface area (Å²) in [6.45, 7) is 2.28. The summed E-state index contributed by atoms with van der Waals surface area (Å²) in [4.78, 5) is 19.6. The standard InChI is InChI=1S/C10H13N5O2/c1-7-13-8(17-14-7)3-4-11-9-10(16)15(2)6-5-12-9/h5-6H,3-4H2,1-2H3,(H,11,12). The molecule has 2 heterocycles. The normalized spacial score (nSPS) is 10.5. The molecule has 0 fully saturated rings. The molecule has 0 amide bonds. The van der Waals surface area contributed by atoms with Crippen LogP contribution in [0.1, 0.15) is 11.7 Å². The summed E-state index contributed by atoms with van der Waals surface area (Å²) in [5.41, 5.74) is -0.158. The first-order valence-electron chi connectivity index (χ1n) is 5.21. The highest BCUT2D eigenvalue weighted by Gasteiger charge is 2.04. The van der Waals surface area contributed by atoms with E-state index < -0.39 is 0 Å². The van der Waals surface area contributed by atoms with E-state index >= 15 is 0 Å². The predicted octanol–water partition coefficient (Wildman–Crippen LogP) is 0.126. The van der Waals surface area contributed by atoms with Crippen molar-refractivity contribution in [3.8, 4) is 0 Å². The minimum absolute atomic E-state index is 0.158. The van der Waals surface area contributed by atoms with Crippen LogP contribution in [-0.2, 0) is 13.5 Å². The van der Waals surface area contributed by atoms with E-state index in [-0.39, 0.29) is 5.56 Å². The molecule has 7 heteroatoms. The molecular weight excluding hydrogens is 222 g/mol. The SMILES string of the molecule is Cc1noc(CCNc2nccn(C)c2=O)n1. The molecule has 0 atom stereocenters.